The number of hydrogen-bond acceptors (Lipinski definition) is 5. The minimum absolute atomic E-state index is 0.128. The zero-order chi connectivity index (χ0) is 23.1. The molecule has 5 aliphatic rings. The first-order valence-corrected chi connectivity index (χ1v) is 14.0. The van der Waals surface area contributed by atoms with Gasteiger partial charge in [-0.2, -0.15) is 0 Å². The van der Waals surface area contributed by atoms with Gasteiger partial charge in [0.25, 0.3) is 10.0 Å². The summed E-state index contributed by atoms with van der Waals surface area (Å²) in [5.74, 6) is 3.02. The highest BCUT2D eigenvalue weighted by molar-refractivity contribution is 7.90. The first-order valence-electron chi connectivity index (χ1n) is 12.5. The summed E-state index contributed by atoms with van der Waals surface area (Å²) in [5, 5.41) is 6.46. The number of amides is 1. The van der Waals surface area contributed by atoms with Gasteiger partial charge in [-0.1, -0.05) is 13.0 Å². The van der Waals surface area contributed by atoms with Gasteiger partial charge in [0.05, 0.1) is 11.4 Å². The van der Waals surface area contributed by atoms with Crippen LogP contribution in [0.2, 0.25) is 0 Å². The fourth-order valence-electron chi connectivity index (χ4n) is 7.40. The van der Waals surface area contributed by atoms with Crippen LogP contribution < -0.4 is 15.4 Å². The number of nitrogens with zero attached hydrogens (tertiary/aromatic N) is 1. The predicted octanol–water partition coefficient (Wildman–Crippen LogP) is 3.68. The third-order valence-corrected chi connectivity index (χ3v) is 9.68. The van der Waals surface area contributed by atoms with Crippen LogP contribution in [0, 0.1) is 23.2 Å². The first kappa shape index (κ1) is 22.8. The third kappa shape index (κ3) is 4.83. The average Bonchev–Trinajstić information content (AvgIpc) is 3.25. The van der Waals surface area contributed by atoms with E-state index in [0.29, 0.717) is 35.9 Å². The van der Waals surface area contributed by atoms with Crippen molar-refractivity contribution in [1.29, 1.82) is 0 Å². The van der Waals surface area contributed by atoms with Crippen molar-refractivity contribution in [3.8, 4) is 0 Å². The predicted molar refractivity (Wildman–Crippen MR) is 130 cm³/mol. The number of anilines is 1. The Balaban J connectivity index is 1.19. The van der Waals surface area contributed by atoms with Crippen molar-refractivity contribution in [2.75, 3.05) is 18.4 Å². The molecule has 0 unspecified atom stereocenters. The summed E-state index contributed by atoms with van der Waals surface area (Å²) in [4.78, 5) is 17.1. The number of carbonyl (C=O) groups is 1. The molecule has 1 amide bonds. The summed E-state index contributed by atoms with van der Waals surface area (Å²) in [7, 11) is -3.71. The molecular formula is C25H36N4O3S. The van der Waals surface area contributed by atoms with Crippen LogP contribution in [0.25, 0.3) is 0 Å². The Bertz CT molecular complexity index is 1000. The van der Waals surface area contributed by atoms with Gasteiger partial charge in [0.1, 0.15) is 5.84 Å². The van der Waals surface area contributed by atoms with Crippen molar-refractivity contribution >= 4 is 27.5 Å². The number of carbonyl (C=O) groups excluding carboxylic acids is 1. The smallest absolute Gasteiger partial charge is 0.262 e. The Labute approximate surface area is 197 Å². The van der Waals surface area contributed by atoms with Gasteiger partial charge in [-0.25, -0.2) is 8.42 Å². The van der Waals surface area contributed by atoms with E-state index in [9.17, 15) is 13.2 Å². The molecule has 8 heteroatoms. The molecule has 7 nitrogen and oxygen atoms in total. The summed E-state index contributed by atoms with van der Waals surface area (Å²) in [5.41, 5.74) is 0.841. The molecule has 1 aliphatic heterocycles. The van der Waals surface area contributed by atoms with Crippen LogP contribution >= 0.6 is 0 Å². The summed E-state index contributed by atoms with van der Waals surface area (Å²) in [6.07, 6.45) is 10.7. The molecule has 33 heavy (non-hydrogen) atoms. The van der Waals surface area contributed by atoms with Gasteiger partial charge in [-0.15, -0.1) is 0 Å². The summed E-state index contributed by atoms with van der Waals surface area (Å²) in [6, 6.07) is 6.77. The Kier molecular flexibility index (Phi) is 6.25. The molecule has 4 saturated carbocycles. The molecule has 4 aliphatic carbocycles. The zero-order valence-electron chi connectivity index (χ0n) is 19.5. The summed E-state index contributed by atoms with van der Waals surface area (Å²) < 4.78 is 27.9. The van der Waals surface area contributed by atoms with Crippen LogP contribution in [0.1, 0.15) is 64.7 Å². The second-order valence-corrected chi connectivity index (χ2v) is 12.4. The van der Waals surface area contributed by atoms with Gasteiger partial charge in [0.2, 0.25) is 5.91 Å². The normalized spacial score (nSPS) is 31.3. The van der Waals surface area contributed by atoms with E-state index >= 15 is 0 Å². The van der Waals surface area contributed by atoms with Crippen LogP contribution in [0.3, 0.4) is 0 Å². The van der Waals surface area contributed by atoms with E-state index < -0.39 is 10.0 Å². The molecule has 3 N–H and O–H groups in total. The fraction of sp³-hybridized carbons (Fsp3) is 0.680. The molecule has 0 spiro atoms. The molecule has 0 radical (unpaired) electrons. The lowest BCUT2D eigenvalue weighted by Gasteiger charge is -2.59. The topological polar surface area (TPSA) is 99.7 Å². The van der Waals surface area contributed by atoms with E-state index in [-0.39, 0.29) is 17.3 Å². The Morgan fingerprint density at radius 2 is 1.85 bits per heavy atom. The maximum atomic E-state index is 12.7. The van der Waals surface area contributed by atoms with Crippen LogP contribution in [-0.4, -0.2) is 39.3 Å². The zero-order valence-corrected chi connectivity index (χ0v) is 20.3. The van der Waals surface area contributed by atoms with E-state index in [1.807, 2.05) is 0 Å². The molecule has 0 saturated heterocycles. The lowest BCUT2D eigenvalue weighted by Crippen LogP contribution is -2.56. The summed E-state index contributed by atoms with van der Waals surface area (Å²) >= 11 is 0. The van der Waals surface area contributed by atoms with Gasteiger partial charge in [0.15, 0.2) is 0 Å². The second kappa shape index (κ2) is 9.02. The Hall–Kier alpha value is -1.93. The highest BCUT2D eigenvalue weighted by Crippen LogP contribution is 2.61. The van der Waals surface area contributed by atoms with Gasteiger partial charge in [0, 0.05) is 24.7 Å². The van der Waals surface area contributed by atoms with Crippen LogP contribution in [-0.2, 0) is 14.8 Å². The van der Waals surface area contributed by atoms with Gasteiger partial charge in [-0.05, 0) is 92.7 Å². The molecular weight excluding hydrogens is 436 g/mol. The van der Waals surface area contributed by atoms with E-state index in [0.717, 1.165) is 30.6 Å². The molecule has 4 fully saturated rings. The van der Waals surface area contributed by atoms with E-state index in [2.05, 4.69) is 27.3 Å². The number of benzene rings is 1. The fourth-order valence-corrected chi connectivity index (χ4v) is 8.53. The maximum Gasteiger partial charge on any atom is 0.262 e. The molecule has 0 aromatic heterocycles. The van der Waals surface area contributed by atoms with Crippen molar-refractivity contribution in [2.24, 2.45) is 28.2 Å². The average molecular weight is 473 g/mol. The van der Waals surface area contributed by atoms with E-state index in [1.165, 1.54) is 50.7 Å². The minimum Gasteiger partial charge on any atom is -0.325 e. The number of amidine groups is 1. The van der Waals surface area contributed by atoms with Crippen molar-refractivity contribution < 1.29 is 13.2 Å². The van der Waals surface area contributed by atoms with E-state index in [4.69, 9.17) is 0 Å². The first-order chi connectivity index (χ1) is 15.8. The van der Waals surface area contributed by atoms with Crippen molar-refractivity contribution in [2.45, 2.75) is 75.6 Å². The van der Waals surface area contributed by atoms with Gasteiger partial charge in [-0.3, -0.25) is 14.5 Å². The van der Waals surface area contributed by atoms with Crippen LogP contribution in [0.15, 0.2) is 34.2 Å². The standard InChI is InChI=1S/C25H36N4O3S/c1-2-22(25-13-17-9-18(14-25)11-19(10-17)15-25)27-16-24(30)28-20-5-3-6-21(12-20)33(31,32)29-23-7-4-8-26-23/h3,5-6,12,17-19,22,27H,2,4,7-11,13-16H2,1H3,(H,26,29)(H,28,30)/t17?,18?,19?,22-,25?/m1/s1. The SMILES string of the molecule is CC[C@@H](NCC(=O)Nc1cccc(S(=O)(=O)NC2=NCCC2)c1)C12CC3CC(CC(C3)C1)C2. The number of nitrogens with one attached hydrogen (secondary N) is 3. The molecule has 1 heterocycles. The van der Waals surface area contributed by atoms with Gasteiger partial charge < -0.3 is 10.6 Å². The molecule has 1 aromatic carbocycles. The lowest BCUT2D eigenvalue weighted by molar-refractivity contribution is -0.116. The Morgan fingerprint density at radius 3 is 2.45 bits per heavy atom. The third-order valence-electron chi connectivity index (χ3n) is 8.30. The number of sulfonamides is 1. The molecule has 6 rings (SSSR count). The molecule has 1 atom stereocenters. The monoisotopic (exact) mass is 472 g/mol. The van der Waals surface area contributed by atoms with Gasteiger partial charge >= 0.3 is 0 Å². The second-order valence-electron chi connectivity index (χ2n) is 10.7. The lowest BCUT2D eigenvalue weighted by atomic mass is 9.47. The molecule has 1 aromatic rings. The van der Waals surface area contributed by atoms with E-state index in [1.54, 1.807) is 12.1 Å². The van der Waals surface area contributed by atoms with Crippen molar-refractivity contribution in [3.63, 3.8) is 0 Å². The minimum atomic E-state index is -3.71. The largest absolute Gasteiger partial charge is 0.325 e. The van der Waals surface area contributed by atoms with Crippen molar-refractivity contribution in [3.05, 3.63) is 24.3 Å². The maximum absolute atomic E-state index is 12.7. The van der Waals surface area contributed by atoms with Crippen LogP contribution in [0.4, 0.5) is 5.69 Å². The molecule has 4 bridgehead atoms. The summed E-state index contributed by atoms with van der Waals surface area (Å²) in [6.45, 7) is 3.12. The highest BCUT2D eigenvalue weighted by atomic mass is 32.2. The quantitative estimate of drug-likeness (QED) is 0.537. The van der Waals surface area contributed by atoms with Crippen LogP contribution in [0.5, 0.6) is 0 Å². The highest BCUT2D eigenvalue weighted by Gasteiger charge is 2.53. The number of rotatable bonds is 8. The Morgan fingerprint density at radius 1 is 1.15 bits per heavy atom. The molecule has 180 valence electrons. The number of hydrogen-bond donors (Lipinski definition) is 3. The number of aliphatic imine (C=N–C) groups is 1. The van der Waals surface area contributed by atoms with Crippen molar-refractivity contribution in [1.82, 2.24) is 10.0 Å².